The smallest absolute Gasteiger partial charge is 0.308 e. The molecule has 0 aromatic heterocycles. The lowest BCUT2D eigenvalue weighted by Crippen LogP contribution is -2.37. The van der Waals surface area contributed by atoms with E-state index in [1.807, 2.05) is 20.8 Å². The zero-order valence-corrected chi connectivity index (χ0v) is 10.7. The van der Waals surface area contributed by atoms with Gasteiger partial charge in [0.25, 0.3) is 0 Å². The highest BCUT2D eigenvalue weighted by Crippen LogP contribution is 2.32. The molecule has 0 aromatic rings. The molecule has 94 valence electrons. The zero-order chi connectivity index (χ0) is 12.2. The minimum absolute atomic E-state index is 0.00742. The minimum atomic E-state index is -0.515. The van der Waals surface area contributed by atoms with Gasteiger partial charge in [0.05, 0.1) is 11.5 Å². The number of carbonyl (C=O) groups excluding carboxylic acids is 1. The highest BCUT2D eigenvalue weighted by molar-refractivity contribution is 5.72. The van der Waals surface area contributed by atoms with Crippen LogP contribution in [0.1, 0.15) is 59.3 Å². The molecule has 1 saturated carbocycles. The second-order valence-corrected chi connectivity index (χ2v) is 5.02. The Balaban J connectivity index is 2.35. The van der Waals surface area contributed by atoms with E-state index in [1.165, 1.54) is 0 Å². The lowest BCUT2D eigenvalue weighted by molar-refractivity contribution is -0.158. The molecule has 0 saturated heterocycles. The van der Waals surface area contributed by atoms with Gasteiger partial charge >= 0.3 is 5.97 Å². The van der Waals surface area contributed by atoms with Crippen molar-refractivity contribution in [1.29, 1.82) is 0 Å². The molecule has 0 bridgehead atoms. The van der Waals surface area contributed by atoms with Crippen molar-refractivity contribution in [3.63, 3.8) is 0 Å². The number of ether oxygens (including phenoxy) is 1. The number of esters is 1. The van der Waals surface area contributed by atoms with Crippen LogP contribution in [-0.2, 0) is 9.53 Å². The third-order valence-corrected chi connectivity index (χ3v) is 3.82. The molecule has 3 nitrogen and oxygen atoms in total. The van der Waals surface area contributed by atoms with Crippen LogP contribution in [0.5, 0.6) is 0 Å². The largest absolute Gasteiger partial charge is 0.462 e. The number of carbonyl (C=O) groups is 1. The maximum Gasteiger partial charge on any atom is 0.308 e. The summed E-state index contributed by atoms with van der Waals surface area (Å²) in [6, 6.07) is 0. The second-order valence-electron chi connectivity index (χ2n) is 5.02. The van der Waals surface area contributed by atoms with Gasteiger partial charge in [0.2, 0.25) is 0 Å². The van der Waals surface area contributed by atoms with Crippen LogP contribution in [0, 0.1) is 5.92 Å². The Morgan fingerprint density at radius 3 is 2.44 bits per heavy atom. The first-order valence-electron chi connectivity index (χ1n) is 6.43. The Morgan fingerprint density at radius 1 is 1.44 bits per heavy atom. The molecule has 1 unspecified atom stereocenters. The first-order chi connectivity index (χ1) is 7.50. The van der Waals surface area contributed by atoms with E-state index in [0.717, 1.165) is 38.5 Å². The summed E-state index contributed by atoms with van der Waals surface area (Å²) in [4.78, 5) is 11.6. The molecule has 1 N–H and O–H groups in total. The molecule has 0 radical (unpaired) electrons. The van der Waals surface area contributed by atoms with Crippen molar-refractivity contribution >= 4 is 5.97 Å². The Hall–Kier alpha value is -0.570. The quantitative estimate of drug-likeness (QED) is 0.752. The summed E-state index contributed by atoms with van der Waals surface area (Å²) in [6.07, 6.45) is 4.74. The molecule has 0 heterocycles. The molecule has 0 aromatic carbocycles. The number of hydrogen-bond donors (Lipinski definition) is 1. The zero-order valence-electron chi connectivity index (χ0n) is 10.7. The van der Waals surface area contributed by atoms with Crippen LogP contribution in [0.25, 0.3) is 0 Å². The highest BCUT2D eigenvalue weighted by Gasteiger charge is 2.33. The summed E-state index contributed by atoms with van der Waals surface area (Å²) in [7, 11) is 0. The third kappa shape index (κ3) is 3.48. The SMILES string of the molecule is CCC(C)C(=O)OC1CCC(O)(CC)CC1. The summed E-state index contributed by atoms with van der Waals surface area (Å²) >= 11 is 0. The van der Waals surface area contributed by atoms with Crippen LogP contribution in [0.15, 0.2) is 0 Å². The van der Waals surface area contributed by atoms with Crippen molar-refractivity contribution < 1.29 is 14.6 Å². The van der Waals surface area contributed by atoms with Crippen molar-refractivity contribution in [2.75, 3.05) is 0 Å². The van der Waals surface area contributed by atoms with Gasteiger partial charge in [0, 0.05) is 0 Å². The number of aliphatic hydroxyl groups is 1. The van der Waals surface area contributed by atoms with E-state index in [9.17, 15) is 9.90 Å². The molecular weight excluding hydrogens is 204 g/mol. The fourth-order valence-corrected chi connectivity index (χ4v) is 2.05. The van der Waals surface area contributed by atoms with Crippen LogP contribution < -0.4 is 0 Å². The van der Waals surface area contributed by atoms with Crippen molar-refractivity contribution in [3.05, 3.63) is 0 Å². The molecule has 0 spiro atoms. The third-order valence-electron chi connectivity index (χ3n) is 3.82. The normalized spacial score (nSPS) is 32.1. The van der Waals surface area contributed by atoms with Gasteiger partial charge < -0.3 is 9.84 Å². The van der Waals surface area contributed by atoms with Crippen LogP contribution >= 0.6 is 0 Å². The first-order valence-corrected chi connectivity index (χ1v) is 6.43. The van der Waals surface area contributed by atoms with E-state index in [0.29, 0.717) is 0 Å². The average Bonchev–Trinajstić information content (AvgIpc) is 2.31. The van der Waals surface area contributed by atoms with Gasteiger partial charge in [-0.2, -0.15) is 0 Å². The number of rotatable bonds is 4. The summed E-state index contributed by atoms with van der Waals surface area (Å²) in [5.41, 5.74) is -0.515. The van der Waals surface area contributed by atoms with Gasteiger partial charge in [0.1, 0.15) is 6.10 Å². The Bertz CT molecular complexity index is 229. The molecule has 1 aliphatic rings. The molecule has 1 rings (SSSR count). The lowest BCUT2D eigenvalue weighted by atomic mass is 9.81. The van der Waals surface area contributed by atoms with Crippen LogP contribution in [0.2, 0.25) is 0 Å². The maximum absolute atomic E-state index is 11.6. The number of hydrogen-bond acceptors (Lipinski definition) is 3. The van der Waals surface area contributed by atoms with E-state index in [4.69, 9.17) is 4.74 Å². The van der Waals surface area contributed by atoms with Gasteiger partial charge in [-0.25, -0.2) is 0 Å². The predicted molar refractivity (Wildman–Crippen MR) is 63.0 cm³/mol. The summed E-state index contributed by atoms with van der Waals surface area (Å²) in [5, 5.41) is 10.0. The summed E-state index contributed by atoms with van der Waals surface area (Å²) in [5.74, 6) is -0.0959. The lowest BCUT2D eigenvalue weighted by Gasteiger charge is -2.35. The molecule has 0 amide bonds. The monoisotopic (exact) mass is 228 g/mol. The second kappa shape index (κ2) is 5.67. The standard InChI is InChI=1S/C13H24O3/c1-4-10(3)12(14)16-11-6-8-13(15,5-2)9-7-11/h10-11,15H,4-9H2,1-3H3. The van der Waals surface area contributed by atoms with E-state index in [1.54, 1.807) is 0 Å². The van der Waals surface area contributed by atoms with Gasteiger partial charge in [-0.15, -0.1) is 0 Å². The van der Waals surface area contributed by atoms with Crippen LogP contribution in [0.4, 0.5) is 0 Å². The van der Waals surface area contributed by atoms with Crippen LogP contribution in [-0.4, -0.2) is 22.8 Å². The van der Waals surface area contributed by atoms with Gasteiger partial charge in [-0.05, 0) is 38.5 Å². The minimum Gasteiger partial charge on any atom is -0.462 e. The fraction of sp³-hybridized carbons (Fsp3) is 0.923. The predicted octanol–water partition coefficient (Wildman–Crippen LogP) is 2.66. The summed E-state index contributed by atoms with van der Waals surface area (Å²) in [6.45, 7) is 5.89. The van der Waals surface area contributed by atoms with E-state index in [-0.39, 0.29) is 18.0 Å². The van der Waals surface area contributed by atoms with Gasteiger partial charge in [0.15, 0.2) is 0 Å². The fourth-order valence-electron chi connectivity index (χ4n) is 2.05. The van der Waals surface area contributed by atoms with Crippen molar-refractivity contribution in [2.24, 2.45) is 5.92 Å². The maximum atomic E-state index is 11.6. The molecule has 3 heteroatoms. The molecule has 1 aliphatic carbocycles. The molecule has 0 aliphatic heterocycles. The van der Waals surface area contributed by atoms with E-state index >= 15 is 0 Å². The molecule has 1 fully saturated rings. The van der Waals surface area contributed by atoms with E-state index in [2.05, 4.69) is 0 Å². The molecule has 1 atom stereocenters. The van der Waals surface area contributed by atoms with Crippen molar-refractivity contribution in [2.45, 2.75) is 71.0 Å². The summed E-state index contributed by atoms with van der Waals surface area (Å²) < 4.78 is 5.43. The topological polar surface area (TPSA) is 46.5 Å². The van der Waals surface area contributed by atoms with Crippen molar-refractivity contribution in [3.8, 4) is 0 Å². The van der Waals surface area contributed by atoms with E-state index < -0.39 is 5.60 Å². The average molecular weight is 228 g/mol. The molecular formula is C13H24O3. The van der Waals surface area contributed by atoms with Gasteiger partial charge in [-0.3, -0.25) is 4.79 Å². The highest BCUT2D eigenvalue weighted by atomic mass is 16.5. The Labute approximate surface area is 98.2 Å². The van der Waals surface area contributed by atoms with Gasteiger partial charge in [-0.1, -0.05) is 20.8 Å². The van der Waals surface area contributed by atoms with Crippen LogP contribution in [0.3, 0.4) is 0 Å². The Kier molecular flexibility index (Phi) is 4.78. The van der Waals surface area contributed by atoms with Crippen molar-refractivity contribution in [1.82, 2.24) is 0 Å². The Morgan fingerprint density at radius 2 is 2.00 bits per heavy atom. The first kappa shape index (κ1) is 13.5. The molecule has 16 heavy (non-hydrogen) atoms.